The molecule has 3 rings (SSSR count). The molecular weight excluding hydrogens is 374 g/mol. The number of halogens is 4. The largest absolute Gasteiger partial charge is 0.416 e. The van der Waals surface area contributed by atoms with Crippen LogP contribution in [-0.2, 0) is 12.7 Å². The number of alkyl halides is 3. The van der Waals surface area contributed by atoms with E-state index >= 15 is 0 Å². The third kappa shape index (κ3) is 4.85. The minimum atomic E-state index is -4.45. The first-order valence-corrected chi connectivity index (χ1v) is 8.24. The van der Waals surface area contributed by atoms with Crippen molar-refractivity contribution in [3.63, 3.8) is 0 Å². The van der Waals surface area contributed by atoms with Gasteiger partial charge in [-0.1, -0.05) is 24.3 Å². The summed E-state index contributed by atoms with van der Waals surface area (Å²) in [4.78, 5) is 16.2. The number of pyridine rings is 1. The zero-order valence-electron chi connectivity index (χ0n) is 14.4. The van der Waals surface area contributed by atoms with Crippen LogP contribution in [0.1, 0.15) is 21.5 Å². The summed E-state index contributed by atoms with van der Waals surface area (Å²) in [7, 11) is 0. The lowest BCUT2D eigenvalue weighted by molar-refractivity contribution is -0.137. The Labute approximate surface area is 158 Å². The first kappa shape index (κ1) is 19.3. The van der Waals surface area contributed by atoms with E-state index < -0.39 is 23.5 Å². The molecule has 0 aliphatic carbocycles. The molecular formula is C20H15F4N3O. The molecule has 28 heavy (non-hydrogen) atoms. The third-order valence-electron chi connectivity index (χ3n) is 3.88. The fourth-order valence-electron chi connectivity index (χ4n) is 2.49. The lowest BCUT2D eigenvalue weighted by Crippen LogP contribution is -2.23. The molecule has 0 radical (unpaired) electrons. The standard InChI is InChI=1S/C20H15F4N3O/c21-18-7-2-1-4-13(18)11-26-19(28)14-8-17(12-25-10-14)27-16-6-3-5-15(9-16)20(22,23)24/h1-10,12,27H,11H2,(H,26,28). The van der Waals surface area contributed by atoms with Gasteiger partial charge < -0.3 is 10.6 Å². The van der Waals surface area contributed by atoms with E-state index in [9.17, 15) is 22.4 Å². The predicted molar refractivity (Wildman–Crippen MR) is 96.5 cm³/mol. The van der Waals surface area contributed by atoms with Gasteiger partial charge in [-0.2, -0.15) is 13.2 Å². The predicted octanol–water partition coefficient (Wildman–Crippen LogP) is 4.91. The number of anilines is 2. The van der Waals surface area contributed by atoms with Crippen LogP contribution in [0.5, 0.6) is 0 Å². The molecule has 0 bridgehead atoms. The Morgan fingerprint density at radius 2 is 1.75 bits per heavy atom. The molecule has 0 fully saturated rings. The topological polar surface area (TPSA) is 54.0 Å². The number of hydrogen-bond acceptors (Lipinski definition) is 3. The van der Waals surface area contributed by atoms with Crippen molar-refractivity contribution in [1.29, 1.82) is 0 Å². The van der Waals surface area contributed by atoms with E-state index in [4.69, 9.17) is 0 Å². The van der Waals surface area contributed by atoms with Crippen molar-refractivity contribution in [3.05, 3.63) is 89.5 Å². The van der Waals surface area contributed by atoms with Gasteiger partial charge in [0.25, 0.3) is 5.91 Å². The first-order valence-electron chi connectivity index (χ1n) is 8.24. The van der Waals surface area contributed by atoms with Crippen LogP contribution in [0.4, 0.5) is 28.9 Å². The van der Waals surface area contributed by atoms with Crippen molar-refractivity contribution >= 4 is 17.3 Å². The van der Waals surface area contributed by atoms with Gasteiger partial charge >= 0.3 is 6.18 Å². The highest BCUT2D eigenvalue weighted by atomic mass is 19.4. The average molecular weight is 389 g/mol. The quantitative estimate of drug-likeness (QED) is 0.610. The summed E-state index contributed by atoms with van der Waals surface area (Å²) in [5, 5.41) is 5.37. The van der Waals surface area contributed by atoms with E-state index in [0.29, 0.717) is 11.3 Å². The molecule has 0 atom stereocenters. The molecule has 2 aromatic carbocycles. The molecule has 8 heteroatoms. The molecule has 1 aromatic heterocycles. The number of amides is 1. The Morgan fingerprint density at radius 1 is 0.964 bits per heavy atom. The van der Waals surface area contributed by atoms with E-state index in [-0.39, 0.29) is 17.8 Å². The van der Waals surface area contributed by atoms with Gasteiger partial charge in [0.15, 0.2) is 0 Å². The van der Waals surface area contributed by atoms with Gasteiger partial charge in [-0.05, 0) is 30.3 Å². The van der Waals surface area contributed by atoms with E-state index in [0.717, 1.165) is 12.1 Å². The lowest BCUT2D eigenvalue weighted by Gasteiger charge is -2.11. The number of nitrogens with one attached hydrogen (secondary N) is 2. The average Bonchev–Trinajstić information content (AvgIpc) is 2.67. The van der Waals surface area contributed by atoms with Crippen LogP contribution in [0.15, 0.2) is 67.0 Å². The molecule has 0 saturated heterocycles. The smallest absolute Gasteiger partial charge is 0.354 e. The maximum absolute atomic E-state index is 13.6. The zero-order valence-corrected chi connectivity index (χ0v) is 14.4. The summed E-state index contributed by atoms with van der Waals surface area (Å²) < 4.78 is 52.0. The molecule has 4 nitrogen and oxygen atoms in total. The summed E-state index contributed by atoms with van der Waals surface area (Å²) >= 11 is 0. The Hall–Kier alpha value is -3.42. The van der Waals surface area contributed by atoms with Gasteiger partial charge in [-0.3, -0.25) is 9.78 Å². The fourth-order valence-corrected chi connectivity index (χ4v) is 2.49. The molecule has 3 aromatic rings. The highest BCUT2D eigenvalue weighted by Crippen LogP contribution is 2.31. The van der Waals surface area contributed by atoms with Gasteiger partial charge in [-0.15, -0.1) is 0 Å². The molecule has 0 saturated carbocycles. The number of hydrogen-bond donors (Lipinski definition) is 2. The number of nitrogens with zero attached hydrogens (tertiary/aromatic N) is 1. The number of carbonyl (C=O) groups is 1. The summed E-state index contributed by atoms with van der Waals surface area (Å²) in [5.41, 5.74) is 0.290. The lowest BCUT2D eigenvalue weighted by atomic mass is 10.2. The van der Waals surface area contributed by atoms with Crippen LogP contribution in [0.2, 0.25) is 0 Å². The van der Waals surface area contributed by atoms with Crippen molar-refractivity contribution in [1.82, 2.24) is 10.3 Å². The molecule has 0 unspecified atom stereocenters. The van der Waals surface area contributed by atoms with E-state index in [2.05, 4.69) is 15.6 Å². The number of aromatic nitrogens is 1. The highest BCUT2D eigenvalue weighted by molar-refractivity contribution is 5.94. The van der Waals surface area contributed by atoms with Crippen molar-refractivity contribution < 1.29 is 22.4 Å². The van der Waals surface area contributed by atoms with Gasteiger partial charge in [0, 0.05) is 24.0 Å². The molecule has 1 heterocycles. The van der Waals surface area contributed by atoms with Gasteiger partial charge in [0.2, 0.25) is 0 Å². The fraction of sp³-hybridized carbons (Fsp3) is 0.100. The maximum Gasteiger partial charge on any atom is 0.416 e. The molecule has 2 N–H and O–H groups in total. The molecule has 1 amide bonds. The summed E-state index contributed by atoms with van der Waals surface area (Å²) in [5.74, 6) is -0.913. The molecule has 0 aliphatic heterocycles. The summed E-state index contributed by atoms with van der Waals surface area (Å²) in [6.07, 6.45) is -1.76. The van der Waals surface area contributed by atoms with Crippen molar-refractivity contribution in [2.24, 2.45) is 0 Å². The van der Waals surface area contributed by atoms with Crippen LogP contribution >= 0.6 is 0 Å². The van der Waals surface area contributed by atoms with Crippen molar-refractivity contribution in [2.45, 2.75) is 12.7 Å². The van der Waals surface area contributed by atoms with Gasteiger partial charge in [0.1, 0.15) is 5.82 Å². The maximum atomic E-state index is 13.6. The van der Waals surface area contributed by atoms with E-state index in [1.54, 1.807) is 18.2 Å². The number of benzene rings is 2. The molecule has 144 valence electrons. The Morgan fingerprint density at radius 3 is 2.50 bits per heavy atom. The summed E-state index contributed by atoms with van der Waals surface area (Å²) in [6, 6.07) is 12.2. The van der Waals surface area contributed by atoms with Crippen LogP contribution in [0, 0.1) is 5.82 Å². The van der Waals surface area contributed by atoms with Crippen LogP contribution < -0.4 is 10.6 Å². The first-order chi connectivity index (χ1) is 13.3. The third-order valence-corrected chi connectivity index (χ3v) is 3.88. The monoisotopic (exact) mass is 389 g/mol. The van der Waals surface area contributed by atoms with Crippen molar-refractivity contribution in [2.75, 3.05) is 5.32 Å². The Kier molecular flexibility index (Phi) is 5.58. The summed E-state index contributed by atoms with van der Waals surface area (Å²) in [6.45, 7) is -0.00318. The Bertz CT molecular complexity index is 989. The molecule has 0 aliphatic rings. The number of carbonyl (C=O) groups excluding carboxylic acids is 1. The molecule has 0 spiro atoms. The highest BCUT2D eigenvalue weighted by Gasteiger charge is 2.30. The second-order valence-corrected chi connectivity index (χ2v) is 5.94. The minimum absolute atomic E-state index is 0.00318. The minimum Gasteiger partial charge on any atom is -0.354 e. The second-order valence-electron chi connectivity index (χ2n) is 5.94. The second kappa shape index (κ2) is 8.08. The normalized spacial score (nSPS) is 11.1. The van der Waals surface area contributed by atoms with E-state index in [1.165, 1.54) is 36.7 Å². The zero-order chi connectivity index (χ0) is 20.1. The van der Waals surface area contributed by atoms with Gasteiger partial charge in [0.05, 0.1) is 23.0 Å². The van der Waals surface area contributed by atoms with Crippen molar-refractivity contribution in [3.8, 4) is 0 Å². The SMILES string of the molecule is O=C(NCc1ccccc1F)c1cncc(Nc2cccc(C(F)(F)F)c2)c1. The Balaban J connectivity index is 1.70. The van der Waals surface area contributed by atoms with Crippen LogP contribution in [0.25, 0.3) is 0 Å². The van der Waals surface area contributed by atoms with Crippen LogP contribution in [-0.4, -0.2) is 10.9 Å². The number of rotatable bonds is 5. The van der Waals surface area contributed by atoms with E-state index in [1.807, 2.05) is 0 Å². The van der Waals surface area contributed by atoms with Crippen LogP contribution in [0.3, 0.4) is 0 Å². The van der Waals surface area contributed by atoms with Gasteiger partial charge in [-0.25, -0.2) is 4.39 Å².